The van der Waals surface area contributed by atoms with Gasteiger partial charge in [-0.25, -0.2) is 24.3 Å². The second kappa shape index (κ2) is 6.46. The van der Waals surface area contributed by atoms with Gasteiger partial charge in [0.2, 0.25) is 5.95 Å². The van der Waals surface area contributed by atoms with Crippen molar-refractivity contribution in [3.05, 3.63) is 48.4 Å². The molecule has 0 aliphatic carbocycles. The number of rotatable bonds is 4. The van der Waals surface area contributed by atoms with Gasteiger partial charge in [-0.3, -0.25) is 0 Å². The molecule has 1 saturated heterocycles. The predicted octanol–water partition coefficient (Wildman–Crippen LogP) is 2.40. The van der Waals surface area contributed by atoms with Crippen LogP contribution < -0.4 is 10.2 Å². The topological polar surface area (TPSA) is 82.6 Å². The molecular weight excluding hydrogens is 321 g/mol. The molecule has 4 rings (SSSR count). The molecule has 0 saturated carbocycles. The highest BCUT2D eigenvalue weighted by Gasteiger charge is 2.25. The summed E-state index contributed by atoms with van der Waals surface area (Å²) in [5, 5.41) is 3.16. The maximum atomic E-state index is 13.8. The lowest BCUT2D eigenvalue weighted by Gasteiger charge is -2.17. The molecule has 7 nitrogen and oxygen atoms in total. The lowest BCUT2D eigenvalue weighted by Crippen LogP contribution is -2.28. The third kappa shape index (κ3) is 3.28. The third-order valence-corrected chi connectivity index (χ3v) is 4.19. The van der Waals surface area contributed by atoms with E-state index in [2.05, 4.69) is 35.1 Å². The summed E-state index contributed by atoms with van der Waals surface area (Å²) < 4.78 is 13.8. The van der Waals surface area contributed by atoms with Gasteiger partial charge in [0, 0.05) is 31.5 Å². The van der Waals surface area contributed by atoms with E-state index in [0.29, 0.717) is 18.3 Å². The van der Waals surface area contributed by atoms with Crippen LogP contribution in [-0.4, -0.2) is 44.1 Å². The Morgan fingerprint density at radius 3 is 3.04 bits per heavy atom. The van der Waals surface area contributed by atoms with E-state index in [9.17, 15) is 4.39 Å². The second-order valence-electron chi connectivity index (χ2n) is 6.02. The summed E-state index contributed by atoms with van der Waals surface area (Å²) in [6, 6.07) is 5.87. The van der Waals surface area contributed by atoms with Crippen molar-refractivity contribution < 1.29 is 4.39 Å². The highest BCUT2D eigenvalue weighted by atomic mass is 19.1. The first-order chi connectivity index (χ1) is 12.2. The number of hydrogen-bond acceptors (Lipinski definition) is 6. The van der Waals surface area contributed by atoms with Gasteiger partial charge in [0.05, 0.1) is 17.6 Å². The van der Waals surface area contributed by atoms with Gasteiger partial charge < -0.3 is 15.2 Å². The van der Waals surface area contributed by atoms with Crippen molar-refractivity contribution in [3.8, 4) is 11.4 Å². The fraction of sp³-hybridized carbons (Fsp3) is 0.294. The molecule has 0 amide bonds. The van der Waals surface area contributed by atoms with Crippen molar-refractivity contribution in [2.24, 2.45) is 0 Å². The lowest BCUT2D eigenvalue weighted by molar-refractivity contribution is 0.609. The molecule has 25 heavy (non-hydrogen) atoms. The van der Waals surface area contributed by atoms with E-state index in [1.54, 1.807) is 13.1 Å². The molecule has 3 aromatic rings. The molecule has 0 spiro atoms. The van der Waals surface area contributed by atoms with E-state index in [0.717, 1.165) is 24.4 Å². The zero-order valence-electron chi connectivity index (χ0n) is 13.8. The molecule has 1 aliphatic rings. The Labute approximate surface area is 144 Å². The number of H-pyrrole nitrogens is 1. The van der Waals surface area contributed by atoms with Crippen molar-refractivity contribution in [1.82, 2.24) is 24.9 Å². The highest BCUT2D eigenvalue weighted by molar-refractivity contribution is 5.56. The van der Waals surface area contributed by atoms with Crippen molar-refractivity contribution in [2.75, 3.05) is 23.3 Å². The fourth-order valence-electron chi connectivity index (χ4n) is 2.95. The summed E-state index contributed by atoms with van der Waals surface area (Å²) in [5.74, 6) is 1.03. The van der Waals surface area contributed by atoms with Crippen molar-refractivity contribution in [3.63, 3.8) is 0 Å². The van der Waals surface area contributed by atoms with Crippen LogP contribution >= 0.6 is 0 Å². The SMILES string of the molecule is Cc1ncc(F)c(NC2CCN(c3nccc(-c4ccc[nH]4)n3)C2)n1. The molecule has 128 valence electrons. The maximum absolute atomic E-state index is 13.8. The molecular formula is C17H18FN7. The number of halogens is 1. The molecule has 1 fully saturated rings. The first kappa shape index (κ1) is 15.5. The predicted molar refractivity (Wildman–Crippen MR) is 92.8 cm³/mol. The Hall–Kier alpha value is -3.03. The standard InChI is InChI=1S/C17H18FN7/c1-11-21-9-13(18)16(22-11)23-12-5-8-25(10-12)17-20-7-4-15(24-17)14-3-2-6-19-14/h2-4,6-7,9,12,19H,5,8,10H2,1H3,(H,21,22,23). The van der Waals surface area contributed by atoms with Crippen LogP contribution in [0.25, 0.3) is 11.4 Å². The van der Waals surface area contributed by atoms with E-state index >= 15 is 0 Å². The summed E-state index contributed by atoms with van der Waals surface area (Å²) in [4.78, 5) is 22.2. The van der Waals surface area contributed by atoms with Gasteiger partial charge in [-0.05, 0) is 31.5 Å². The van der Waals surface area contributed by atoms with E-state index in [1.165, 1.54) is 6.20 Å². The van der Waals surface area contributed by atoms with Crippen LogP contribution in [0.3, 0.4) is 0 Å². The Morgan fingerprint density at radius 2 is 2.20 bits per heavy atom. The summed E-state index contributed by atoms with van der Waals surface area (Å²) >= 11 is 0. The van der Waals surface area contributed by atoms with Crippen LogP contribution in [0.1, 0.15) is 12.2 Å². The zero-order valence-corrected chi connectivity index (χ0v) is 13.8. The Bertz CT molecular complexity index is 865. The number of aryl methyl sites for hydroxylation is 1. The van der Waals surface area contributed by atoms with Gasteiger partial charge in [0.1, 0.15) is 5.82 Å². The van der Waals surface area contributed by atoms with E-state index < -0.39 is 5.82 Å². The Balaban J connectivity index is 1.47. The van der Waals surface area contributed by atoms with Crippen LogP contribution in [0.2, 0.25) is 0 Å². The maximum Gasteiger partial charge on any atom is 0.225 e. The molecule has 0 bridgehead atoms. The number of hydrogen-bond donors (Lipinski definition) is 2. The van der Waals surface area contributed by atoms with Crippen LogP contribution in [0.4, 0.5) is 16.2 Å². The summed E-state index contributed by atoms with van der Waals surface area (Å²) in [6.45, 7) is 3.24. The van der Waals surface area contributed by atoms with Gasteiger partial charge in [-0.15, -0.1) is 0 Å². The summed E-state index contributed by atoms with van der Waals surface area (Å²) in [5.41, 5.74) is 1.81. The average Bonchev–Trinajstić information content (AvgIpc) is 3.30. The monoisotopic (exact) mass is 339 g/mol. The third-order valence-electron chi connectivity index (χ3n) is 4.19. The molecule has 2 N–H and O–H groups in total. The number of aromatic nitrogens is 5. The van der Waals surface area contributed by atoms with E-state index in [4.69, 9.17) is 0 Å². The Kier molecular flexibility index (Phi) is 4.01. The van der Waals surface area contributed by atoms with Crippen LogP contribution in [-0.2, 0) is 0 Å². The van der Waals surface area contributed by atoms with Crippen LogP contribution in [0.15, 0.2) is 36.8 Å². The normalized spacial score (nSPS) is 17.0. The summed E-state index contributed by atoms with van der Waals surface area (Å²) in [6.07, 6.45) is 5.68. The zero-order chi connectivity index (χ0) is 17.2. The van der Waals surface area contributed by atoms with Crippen molar-refractivity contribution in [2.45, 2.75) is 19.4 Å². The van der Waals surface area contributed by atoms with Crippen molar-refractivity contribution >= 4 is 11.8 Å². The molecule has 1 aliphatic heterocycles. The number of anilines is 2. The quantitative estimate of drug-likeness (QED) is 0.759. The minimum atomic E-state index is -0.436. The fourth-order valence-corrected chi connectivity index (χ4v) is 2.95. The average molecular weight is 339 g/mol. The van der Waals surface area contributed by atoms with Crippen LogP contribution in [0.5, 0.6) is 0 Å². The first-order valence-corrected chi connectivity index (χ1v) is 8.16. The minimum Gasteiger partial charge on any atom is -0.363 e. The molecule has 3 aromatic heterocycles. The largest absolute Gasteiger partial charge is 0.363 e. The molecule has 0 aromatic carbocycles. The number of nitrogens with zero attached hydrogens (tertiary/aromatic N) is 5. The summed E-state index contributed by atoms with van der Waals surface area (Å²) in [7, 11) is 0. The van der Waals surface area contributed by atoms with Gasteiger partial charge in [-0.1, -0.05) is 0 Å². The number of nitrogens with one attached hydrogen (secondary N) is 2. The van der Waals surface area contributed by atoms with Gasteiger partial charge in [0.15, 0.2) is 11.6 Å². The molecule has 8 heteroatoms. The highest BCUT2D eigenvalue weighted by Crippen LogP contribution is 2.22. The minimum absolute atomic E-state index is 0.0848. The molecule has 1 atom stereocenters. The van der Waals surface area contributed by atoms with E-state index in [1.807, 2.05) is 24.4 Å². The number of aromatic amines is 1. The van der Waals surface area contributed by atoms with Gasteiger partial charge in [0.25, 0.3) is 0 Å². The smallest absolute Gasteiger partial charge is 0.225 e. The molecule has 4 heterocycles. The van der Waals surface area contributed by atoms with Gasteiger partial charge >= 0.3 is 0 Å². The Morgan fingerprint density at radius 1 is 1.28 bits per heavy atom. The lowest BCUT2D eigenvalue weighted by atomic mass is 10.2. The van der Waals surface area contributed by atoms with Crippen LogP contribution in [0, 0.1) is 12.7 Å². The molecule has 1 unspecified atom stereocenters. The van der Waals surface area contributed by atoms with Gasteiger partial charge in [-0.2, -0.15) is 0 Å². The molecule has 0 radical (unpaired) electrons. The first-order valence-electron chi connectivity index (χ1n) is 8.16. The van der Waals surface area contributed by atoms with Crippen molar-refractivity contribution in [1.29, 1.82) is 0 Å². The van der Waals surface area contributed by atoms with E-state index in [-0.39, 0.29) is 11.9 Å². The second-order valence-corrected chi connectivity index (χ2v) is 6.02.